The molecule has 0 saturated carbocycles. The molecule has 1 fully saturated rings. The predicted molar refractivity (Wildman–Crippen MR) is 112 cm³/mol. The Bertz CT molecular complexity index is 806. The Labute approximate surface area is 181 Å². The summed E-state index contributed by atoms with van der Waals surface area (Å²) in [7, 11) is 3.50. The molecule has 0 amide bonds. The largest absolute Gasteiger partial charge is 0.479 e. The molecule has 4 N–H and O–H groups in total. The molecule has 2 aromatic carbocycles. The van der Waals surface area contributed by atoms with Gasteiger partial charge in [-0.15, -0.1) is 0 Å². The minimum atomic E-state index is -1.71. The van der Waals surface area contributed by atoms with E-state index in [0.29, 0.717) is 6.54 Å². The fourth-order valence-corrected chi connectivity index (χ4v) is 3.82. The maximum absolute atomic E-state index is 11.4. The fraction of sp³-hybridized carbons (Fsp3) is 0.435. The summed E-state index contributed by atoms with van der Waals surface area (Å²) in [5.74, 6) is -1.40. The number of aliphatic hydroxyl groups excluding tert-OH is 3. The van der Waals surface area contributed by atoms with Crippen LogP contribution in [0.4, 0.5) is 0 Å². The Balaban J connectivity index is 1.71. The molecule has 0 spiro atoms. The van der Waals surface area contributed by atoms with Crippen LogP contribution in [-0.4, -0.2) is 88.8 Å². The van der Waals surface area contributed by atoms with E-state index in [2.05, 4.69) is 0 Å². The highest BCUT2D eigenvalue weighted by molar-refractivity contribution is 5.73. The van der Waals surface area contributed by atoms with Gasteiger partial charge in [-0.05, 0) is 11.1 Å². The minimum Gasteiger partial charge on any atom is -0.479 e. The maximum Gasteiger partial charge on any atom is 0.335 e. The molecule has 0 aromatic heterocycles. The average molecular weight is 432 g/mol. The first kappa shape index (κ1) is 23.3. The first-order valence-corrected chi connectivity index (χ1v) is 10.2. The molecular formula is C23H30NO7+. The Morgan fingerprint density at radius 3 is 1.94 bits per heavy atom. The summed E-state index contributed by atoms with van der Waals surface area (Å²) in [5.41, 5.74) is 2.00. The van der Waals surface area contributed by atoms with E-state index in [1.807, 2.05) is 60.7 Å². The molecule has 1 saturated heterocycles. The number of ether oxygens (including phenoxy) is 2. The molecule has 0 radical (unpaired) electrons. The van der Waals surface area contributed by atoms with Crippen LogP contribution in [0.5, 0.6) is 0 Å². The Morgan fingerprint density at radius 2 is 1.45 bits per heavy atom. The second kappa shape index (κ2) is 9.86. The number of quaternary nitrogens is 1. The van der Waals surface area contributed by atoms with Gasteiger partial charge in [0.25, 0.3) is 0 Å². The number of aliphatic carboxylic acids is 1. The van der Waals surface area contributed by atoms with E-state index in [9.17, 15) is 25.2 Å². The second-order valence-corrected chi connectivity index (χ2v) is 8.33. The van der Waals surface area contributed by atoms with Crippen LogP contribution >= 0.6 is 0 Å². The van der Waals surface area contributed by atoms with Crippen LogP contribution in [0.2, 0.25) is 0 Å². The summed E-state index contributed by atoms with van der Waals surface area (Å²) < 4.78 is 11.7. The van der Waals surface area contributed by atoms with Gasteiger partial charge in [0.05, 0.1) is 20.7 Å². The van der Waals surface area contributed by atoms with Gasteiger partial charge in [0, 0.05) is 0 Å². The van der Waals surface area contributed by atoms with Crippen molar-refractivity contribution in [2.24, 2.45) is 0 Å². The highest BCUT2D eigenvalue weighted by atomic mass is 16.6. The van der Waals surface area contributed by atoms with Crippen molar-refractivity contribution in [2.75, 3.05) is 27.2 Å². The van der Waals surface area contributed by atoms with E-state index in [1.54, 1.807) is 14.1 Å². The Hall–Kier alpha value is -2.33. The molecular weight excluding hydrogens is 402 g/mol. The smallest absolute Gasteiger partial charge is 0.335 e. The van der Waals surface area contributed by atoms with E-state index in [0.717, 1.165) is 11.1 Å². The number of rotatable bonds is 8. The standard InChI is InChI=1S/C23H29NO7/c1-24(2,22-19(27)17(25)18(26)21(31-22)23(28)29)13-14-30-20(15-9-5-3-6-10-15)16-11-7-4-8-12-16/h3-12,17-22,25-27H,13-14H2,1-2H3/p+1/t17-,18-,19+,21-,22?/m0/s1. The van der Waals surface area contributed by atoms with Gasteiger partial charge in [-0.3, -0.25) is 4.48 Å². The van der Waals surface area contributed by atoms with E-state index in [4.69, 9.17) is 9.47 Å². The highest BCUT2D eigenvalue weighted by Crippen LogP contribution is 2.28. The number of likely N-dealkylation sites (N-methyl/N-ethyl adjacent to an activating group) is 1. The molecule has 1 unspecified atom stereocenters. The minimum absolute atomic E-state index is 0.0328. The van der Waals surface area contributed by atoms with E-state index in [1.165, 1.54) is 0 Å². The van der Waals surface area contributed by atoms with Gasteiger partial charge in [-0.1, -0.05) is 60.7 Å². The molecule has 31 heavy (non-hydrogen) atoms. The summed E-state index contributed by atoms with van der Waals surface area (Å²) in [5, 5.41) is 39.8. The predicted octanol–water partition coefficient (Wildman–Crippen LogP) is 0.761. The van der Waals surface area contributed by atoms with Crippen molar-refractivity contribution in [2.45, 2.75) is 36.7 Å². The van der Waals surface area contributed by atoms with Crippen molar-refractivity contribution in [3.05, 3.63) is 71.8 Å². The lowest BCUT2D eigenvalue weighted by Gasteiger charge is -2.46. The quantitative estimate of drug-likeness (QED) is 0.455. The van der Waals surface area contributed by atoms with Crippen molar-refractivity contribution in [3.8, 4) is 0 Å². The summed E-state index contributed by atoms with van der Waals surface area (Å²) in [6.45, 7) is 0.650. The van der Waals surface area contributed by atoms with Crippen molar-refractivity contribution in [1.82, 2.24) is 0 Å². The zero-order chi connectivity index (χ0) is 22.6. The van der Waals surface area contributed by atoms with Crippen molar-refractivity contribution in [1.29, 1.82) is 0 Å². The molecule has 0 bridgehead atoms. The second-order valence-electron chi connectivity index (χ2n) is 8.33. The molecule has 8 heteroatoms. The van der Waals surface area contributed by atoms with Gasteiger partial charge in [-0.25, -0.2) is 4.79 Å². The lowest BCUT2D eigenvalue weighted by Crippen LogP contribution is -2.68. The molecule has 1 aliphatic rings. The molecule has 8 nitrogen and oxygen atoms in total. The Kier molecular flexibility index (Phi) is 7.42. The van der Waals surface area contributed by atoms with Crippen LogP contribution in [-0.2, 0) is 14.3 Å². The van der Waals surface area contributed by atoms with Crippen LogP contribution in [0.3, 0.4) is 0 Å². The van der Waals surface area contributed by atoms with Crippen LogP contribution in [0.15, 0.2) is 60.7 Å². The summed E-state index contributed by atoms with van der Waals surface area (Å²) in [4.78, 5) is 11.4. The molecule has 1 aliphatic heterocycles. The molecule has 1 heterocycles. The number of hydrogen-bond acceptors (Lipinski definition) is 6. The first-order chi connectivity index (χ1) is 14.7. The lowest BCUT2D eigenvalue weighted by atomic mass is 9.97. The third-order valence-electron chi connectivity index (χ3n) is 5.68. The normalized spacial score (nSPS) is 26.7. The fourth-order valence-electron chi connectivity index (χ4n) is 3.82. The number of carboxylic acid groups (broad SMARTS) is 1. The number of carbonyl (C=O) groups is 1. The zero-order valence-electron chi connectivity index (χ0n) is 17.6. The van der Waals surface area contributed by atoms with Gasteiger partial charge in [0.2, 0.25) is 6.23 Å². The van der Waals surface area contributed by atoms with E-state index in [-0.39, 0.29) is 17.2 Å². The average Bonchev–Trinajstić information content (AvgIpc) is 2.76. The number of benzene rings is 2. The third kappa shape index (κ3) is 5.30. The number of nitrogens with zero attached hydrogens (tertiary/aromatic N) is 1. The SMILES string of the molecule is C[N+](C)(CCOC(c1ccccc1)c1ccccc1)C1O[C@H](C(=O)O)[C@@H](O)[C@H](O)[C@H]1O. The van der Waals surface area contributed by atoms with Crippen LogP contribution in [0.1, 0.15) is 17.2 Å². The monoisotopic (exact) mass is 432 g/mol. The molecule has 0 aliphatic carbocycles. The molecule has 168 valence electrons. The van der Waals surface area contributed by atoms with Crippen LogP contribution < -0.4 is 0 Å². The summed E-state index contributed by atoms with van der Waals surface area (Å²) >= 11 is 0. The van der Waals surface area contributed by atoms with E-state index < -0.39 is 36.6 Å². The molecule has 3 rings (SSSR count). The summed E-state index contributed by atoms with van der Waals surface area (Å²) in [6.07, 6.45) is -7.74. The topological polar surface area (TPSA) is 116 Å². The zero-order valence-corrected chi connectivity index (χ0v) is 17.6. The summed E-state index contributed by atoms with van der Waals surface area (Å²) in [6, 6.07) is 19.6. The van der Waals surface area contributed by atoms with Gasteiger partial charge in [0.15, 0.2) is 12.2 Å². The number of hydrogen-bond donors (Lipinski definition) is 4. The highest BCUT2D eigenvalue weighted by Gasteiger charge is 2.52. The van der Waals surface area contributed by atoms with Gasteiger partial charge < -0.3 is 29.9 Å². The number of aliphatic hydroxyl groups is 3. The van der Waals surface area contributed by atoms with Crippen LogP contribution in [0, 0.1) is 0 Å². The van der Waals surface area contributed by atoms with Gasteiger partial charge >= 0.3 is 5.97 Å². The Morgan fingerprint density at radius 1 is 0.935 bits per heavy atom. The van der Waals surface area contributed by atoms with E-state index >= 15 is 0 Å². The van der Waals surface area contributed by atoms with Crippen molar-refractivity contribution in [3.63, 3.8) is 0 Å². The number of carboxylic acids is 1. The first-order valence-electron chi connectivity index (χ1n) is 10.2. The van der Waals surface area contributed by atoms with Crippen molar-refractivity contribution < 1.29 is 39.2 Å². The van der Waals surface area contributed by atoms with Crippen LogP contribution in [0.25, 0.3) is 0 Å². The van der Waals surface area contributed by atoms with Gasteiger partial charge in [0.1, 0.15) is 24.9 Å². The van der Waals surface area contributed by atoms with Gasteiger partial charge in [-0.2, -0.15) is 0 Å². The van der Waals surface area contributed by atoms with Crippen molar-refractivity contribution >= 4 is 5.97 Å². The maximum atomic E-state index is 11.4. The lowest BCUT2D eigenvalue weighted by molar-refractivity contribution is -0.944. The molecule has 5 atom stereocenters. The third-order valence-corrected chi connectivity index (χ3v) is 5.68. The molecule has 2 aromatic rings.